The number of nitrogens with zero attached hydrogens (tertiary/aromatic N) is 1. The van der Waals surface area contributed by atoms with Gasteiger partial charge in [0.2, 0.25) is 0 Å². The second-order valence-electron chi connectivity index (χ2n) is 5.76. The van der Waals surface area contributed by atoms with Gasteiger partial charge in [-0.15, -0.1) is 0 Å². The minimum absolute atomic E-state index is 0.135. The lowest BCUT2D eigenvalue weighted by atomic mass is 9.99. The van der Waals surface area contributed by atoms with Crippen LogP contribution in [-0.2, 0) is 0 Å². The van der Waals surface area contributed by atoms with E-state index in [1.165, 1.54) is 25.9 Å². The van der Waals surface area contributed by atoms with Crippen LogP contribution in [0.25, 0.3) is 0 Å². The van der Waals surface area contributed by atoms with Gasteiger partial charge in [-0.25, -0.2) is 0 Å². The molecule has 0 aromatic heterocycles. The Morgan fingerprint density at radius 1 is 1.33 bits per heavy atom. The Kier molecular flexibility index (Phi) is 6.34. The predicted molar refractivity (Wildman–Crippen MR) is 88.3 cm³/mol. The number of hydrogen-bond acceptors (Lipinski definition) is 2. The van der Waals surface area contributed by atoms with Crippen LogP contribution in [0.15, 0.2) is 18.2 Å². The number of likely N-dealkylation sites (tertiary alicyclic amines) is 1. The SMILES string of the molecule is CC1CCN(CCCNC(=O)c2ccc(Cl)cc2Cl)CC1. The molecule has 116 valence electrons. The van der Waals surface area contributed by atoms with Crippen molar-refractivity contribution in [2.24, 2.45) is 5.92 Å². The van der Waals surface area contributed by atoms with Crippen molar-refractivity contribution in [2.45, 2.75) is 26.2 Å². The molecule has 0 atom stereocenters. The molecule has 0 aliphatic carbocycles. The molecule has 1 aliphatic heterocycles. The fourth-order valence-corrected chi connectivity index (χ4v) is 3.05. The molecule has 0 unspecified atom stereocenters. The second kappa shape index (κ2) is 8.02. The van der Waals surface area contributed by atoms with E-state index in [4.69, 9.17) is 23.2 Å². The summed E-state index contributed by atoms with van der Waals surface area (Å²) in [5, 5.41) is 3.85. The molecule has 1 amide bonds. The maximum atomic E-state index is 12.0. The summed E-state index contributed by atoms with van der Waals surface area (Å²) in [7, 11) is 0. The first-order chi connectivity index (χ1) is 10.1. The van der Waals surface area contributed by atoms with Gasteiger partial charge in [0.05, 0.1) is 10.6 Å². The Bertz CT molecular complexity index is 485. The maximum Gasteiger partial charge on any atom is 0.252 e. The van der Waals surface area contributed by atoms with E-state index >= 15 is 0 Å². The summed E-state index contributed by atoms with van der Waals surface area (Å²) in [5.41, 5.74) is 0.480. The molecule has 1 aromatic carbocycles. The second-order valence-corrected chi connectivity index (χ2v) is 6.60. The third-order valence-electron chi connectivity index (χ3n) is 3.99. The fourth-order valence-electron chi connectivity index (χ4n) is 2.56. The fraction of sp³-hybridized carbons (Fsp3) is 0.562. The number of piperidine rings is 1. The molecular weight excluding hydrogens is 307 g/mol. The molecule has 2 rings (SSSR count). The van der Waals surface area contributed by atoms with Crippen molar-refractivity contribution in [3.63, 3.8) is 0 Å². The van der Waals surface area contributed by atoms with Crippen LogP contribution in [0.4, 0.5) is 0 Å². The van der Waals surface area contributed by atoms with Crippen molar-refractivity contribution < 1.29 is 4.79 Å². The van der Waals surface area contributed by atoms with Crippen molar-refractivity contribution in [2.75, 3.05) is 26.2 Å². The van der Waals surface area contributed by atoms with Crippen molar-refractivity contribution >= 4 is 29.1 Å². The largest absolute Gasteiger partial charge is 0.352 e. The minimum atomic E-state index is -0.135. The molecule has 0 radical (unpaired) electrons. The van der Waals surface area contributed by atoms with Crippen molar-refractivity contribution in [1.82, 2.24) is 10.2 Å². The lowest BCUT2D eigenvalue weighted by molar-refractivity contribution is 0.0950. The topological polar surface area (TPSA) is 32.3 Å². The zero-order valence-electron chi connectivity index (χ0n) is 12.4. The van der Waals surface area contributed by atoms with E-state index in [2.05, 4.69) is 17.1 Å². The zero-order valence-corrected chi connectivity index (χ0v) is 13.9. The van der Waals surface area contributed by atoms with Crippen LogP contribution in [-0.4, -0.2) is 37.0 Å². The van der Waals surface area contributed by atoms with E-state index in [1.54, 1.807) is 18.2 Å². The highest BCUT2D eigenvalue weighted by Crippen LogP contribution is 2.20. The molecule has 0 spiro atoms. The predicted octanol–water partition coefficient (Wildman–Crippen LogP) is 3.85. The van der Waals surface area contributed by atoms with E-state index in [0.29, 0.717) is 22.2 Å². The highest BCUT2D eigenvalue weighted by Gasteiger charge is 2.15. The van der Waals surface area contributed by atoms with Crippen LogP contribution < -0.4 is 5.32 Å². The van der Waals surface area contributed by atoms with Crippen LogP contribution in [0, 0.1) is 5.92 Å². The van der Waals surface area contributed by atoms with Gasteiger partial charge in [0.15, 0.2) is 0 Å². The summed E-state index contributed by atoms with van der Waals surface area (Å²) in [6, 6.07) is 4.93. The summed E-state index contributed by atoms with van der Waals surface area (Å²) in [5.74, 6) is 0.719. The average molecular weight is 329 g/mol. The van der Waals surface area contributed by atoms with Crippen molar-refractivity contribution in [3.8, 4) is 0 Å². The monoisotopic (exact) mass is 328 g/mol. The van der Waals surface area contributed by atoms with Crippen LogP contribution >= 0.6 is 23.2 Å². The lowest BCUT2D eigenvalue weighted by Gasteiger charge is -2.30. The number of rotatable bonds is 5. The number of nitrogens with one attached hydrogen (secondary N) is 1. The quantitative estimate of drug-likeness (QED) is 0.833. The number of amides is 1. The molecule has 1 saturated heterocycles. The molecule has 1 aromatic rings. The van der Waals surface area contributed by atoms with Gasteiger partial charge in [-0.1, -0.05) is 30.1 Å². The zero-order chi connectivity index (χ0) is 15.2. The Morgan fingerprint density at radius 3 is 2.71 bits per heavy atom. The Labute approximate surface area is 136 Å². The average Bonchev–Trinajstić information content (AvgIpc) is 2.45. The van der Waals surface area contributed by atoms with E-state index in [0.717, 1.165) is 18.9 Å². The summed E-state index contributed by atoms with van der Waals surface area (Å²) in [6.45, 7) is 6.38. The number of hydrogen-bond donors (Lipinski definition) is 1. The minimum Gasteiger partial charge on any atom is -0.352 e. The van der Waals surface area contributed by atoms with Gasteiger partial charge in [0.25, 0.3) is 5.91 Å². The van der Waals surface area contributed by atoms with Gasteiger partial charge in [0.1, 0.15) is 0 Å². The van der Waals surface area contributed by atoms with E-state index in [-0.39, 0.29) is 5.91 Å². The normalized spacial score (nSPS) is 16.9. The molecule has 3 nitrogen and oxygen atoms in total. The molecule has 21 heavy (non-hydrogen) atoms. The first-order valence-electron chi connectivity index (χ1n) is 7.52. The molecule has 0 bridgehead atoms. The first-order valence-corrected chi connectivity index (χ1v) is 8.27. The molecule has 1 heterocycles. The van der Waals surface area contributed by atoms with E-state index in [9.17, 15) is 4.79 Å². The van der Waals surface area contributed by atoms with E-state index < -0.39 is 0 Å². The van der Waals surface area contributed by atoms with Gasteiger partial charge >= 0.3 is 0 Å². The number of halogens is 2. The highest BCUT2D eigenvalue weighted by atomic mass is 35.5. The summed E-state index contributed by atoms with van der Waals surface area (Å²) >= 11 is 11.8. The molecule has 1 fully saturated rings. The molecule has 1 N–H and O–H groups in total. The molecule has 0 saturated carbocycles. The molecular formula is C16H22Cl2N2O. The number of benzene rings is 1. The Hall–Kier alpha value is -0.770. The molecule has 5 heteroatoms. The highest BCUT2D eigenvalue weighted by molar-refractivity contribution is 6.36. The maximum absolute atomic E-state index is 12.0. The van der Waals surface area contributed by atoms with Crippen LogP contribution in [0.5, 0.6) is 0 Å². The van der Waals surface area contributed by atoms with Gasteiger partial charge in [0, 0.05) is 11.6 Å². The number of carbonyl (C=O) groups excluding carboxylic acids is 1. The Balaban J connectivity index is 1.69. The smallest absolute Gasteiger partial charge is 0.252 e. The van der Waals surface area contributed by atoms with Crippen LogP contribution in [0.1, 0.15) is 36.5 Å². The number of carbonyl (C=O) groups is 1. The summed E-state index contributed by atoms with van der Waals surface area (Å²) in [6.07, 6.45) is 3.53. The standard InChI is InChI=1S/C16H22Cl2N2O/c1-12-5-9-20(10-6-12)8-2-7-19-16(21)14-4-3-13(17)11-15(14)18/h3-4,11-12H,2,5-10H2,1H3,(H,19,21). The van der Waals surface area contributed by atoms with Gasteiger partial charge < -0.3 is 10.2 Å². The van der Waals surface area contributed by atoms with Crippen molar-refractivity contribution in [1.29, 1.82) is 0 Å². The van der Waals surface area contributed by atoms with E-state index in [1.807, 2.05) is 0 Å². The van der Waals surface area contributed by atoms with Crippen molar-refractivity contribution in [3.05, 3.63) is 33.8 Å². The molecule has 1 aliphatic rings. The first kappa shape index (κ1) is 16.6. The van der Waals surface area contributed by atoms with Gasteiger partial charge in [-0.2, -0.15) is 0 Å². The van der Waals surface area contributed by atoms with Gasteiger partial charge in [-0.05, 0) is 63.0 Å². The third kappa shape index (κ3) is 5.17. The third-order valence-corrected chi connectivity index (χ3v) is 4.54. The summed E-state index contributed by atoms with van der Waals surface area (Å²) in [4.78, 5) is 14.5. The Morgan fingerprint density at radius 2 is 2.05 bits per heavy atom. The van der Waals surface area contributed by atoms with Gasteiger partial charge in [-0.3, -0.25) is 4.79 Å². The lowest BCUT2D eigenvalue weighted by Crippen LogP contribution is -2.35. The van der Waals surface area contributed by atoms with Crippen LogP contribution in [0.2, 0.25) is 10.0 Å². The summed E-state index contributed by atoms with van der Waals surface area (Å²) < 4.78 is 0. The van der Waals surface area contributed by atoms with Crippen LogP contribution in [0.3, 0.4) is 0 Å².